The lowest BCUT2D eigenvalue weighted by Crippen LogP contribution is -2.33. The predicted molar refractivity (Wildman–Crippen MR) is 63.4 cm³/mol. The third kappa shape index (κ3) is 3.56. The molecule has 1 aliphatic heterocycles. The van der Waals surface area contributed by atoms with Gasteiger partial charge in [0.1, 0.15) is 5.78 Å². The summed E-state index contributed by atoms with van der Waals surface area (Å²) in [7, 11) is 0. The van der Waals surface area contributed by atoms with E-state index in [2.05, 4.69) is 5.32 Å². The van der Waals surface area contributed by atoms with Gasteiger partial charge in [-0.3, -0.25) is 4.79 Å². The highest BCUT2D eigenvalue weighted by atomic mass is 16.5. The number of rotatable bonds is 5. The molecule has 0 bridgehead atoms. The molecule has 1 N–H and O–H groups in total. The summed E-state index contributed by atoms with van der Waals surface area (Å²) in [5, 5.41) is 3.31. The Kier molecular flexibility index (Phi) is 4.79. The minimum atomic E-state index is 0.358. The molecule has 0 aromatic rings. The first-order valence-corrected chi connectivity index (χ1v) is 6.71. The van der Waals surface area contributed by atoms with Gasteiger partial charge in [-0.2, -0.15) is 0 Å². The number of hydrogen-bond donors (Lipinski definition) is 1. The van der Waals surface area contributed by atoms with Crippen LogP contribution >= 0.6 is 0 Å². The highest BCUT2D eigenvalue weighted by molar-refractivity contribution is 5.81. The number of ether oxygens (including phenoxy) is 1. The summed E-state index contributed by atoms with van der Waals surface area (Å²) in [6.07, 6.45) is 7.93. The first-order valence-electron chi connectivity index (χ1n) is 6.71. The molecule has 3 heteroatoms. The molecule has 1 aliphatic carbocycles. The van der Waals surface area contributed by atoms with Crippen LogP contribution in [0.2, 0.25) is 0 Å². The number of Topliss-reactive ketones (excluding diaryl/α,β-unsaturated/α-hetero) is 1. The maximum Gasteiger partial charge on any atom is 0.138 e. The molecular formula is C13H23NO2. The third-order valence-corrected chi connectivity index (χ3v) is 3.80. The number of nitrogens with one attached hydrogen (secondary N) is 1. The summed E-state index contributed by atoms with van der Waals surface area (Å²) < 4.78 is 5.75. The van der Waals surface area contributed by atoms with Crippen molar-refractivity contribution < 1.29 is 9.53 Å². The lowest BCUT2D eigenvalue weighted by molar-refractivity contribution is -0.124. The van der Waals surface area contributed by atoms with E-state index >= 15 is 0 Å². The van der Waals surface area contributed by atoms with Crippen molar-refractivity contribution in [3.8, 4) is 0 Å². The smallest absolute Gasteiger partial charge is 0.138 e. The van der Waals surface area contributed by atoms with Crippen molar-refractivity contribution in [1.82, 2.24) is 5.32 Å². The predicted octanol–water partition coefficient (Wildman–Crippen LogP) is 1.90. The highest BCUT2D eigenvalue weighted by Gasteiger charge is 2.22. The van der Waals surface area contributed by atoms with Gasteiger partial charge >= 0.3 is 0 Å². The summed E-state index contributed by atoms with van der Waals surface area (Å²) in [6.45, 7) is 2.75. The van der Waals surface area contributed by atoms with Crippen LogP contribution in [0.1, 0.15) is 44.9 Å². The van der Waals surface area contributed by atoms with Gasteiger partial charge in [0, 0.05) is 12.3 Å². The van der Waals surface area contributed by atoms with Crippen molar-refractivity contribution >= 4 is 5.78 Å². The highest BCUT2D eigenvalue weighted by Crippen LogP contribution is 2.26. The van der Waals surface area contributed by atoms with E-state index in [1.54, 1.807) is 0 Å². The van der Waals surface area contributed by atoms with Gasteiger partial charge < -0.3 is 10.1 Å². The molecule has 2 rings (SSSR count). The van der Waals surface area contributed by atoms with Crippen molar-refractivity contribution in [2.24, 2.45) is 5.92 Å². The molecule has 1 saturated carbocycles. The van der Waals surface area contributed by atoms with Gasteiger partial charge in [-0.05, 0) is 38.8 Å². The minimum Gasteiger partial charge on any atom is -0.378 e. The Labute approximate surface area is 97.9 Å². The number of carbonyl (C=O) groups is 1. The Morgan fingerprint density at radius 2 is 1.81 bits per heavy atom. The quantitative estimate of drug-likeness (QED) is 0.776. The van der Waals surface area contributed by atoms with E-state index in [1.165, 1.54) is 12.8 Å². The zero-order valence-corrected chi connectivity index (χ0v) is 10.0. The lowest BCUT2D eigenvalue weighted by atomic mass is 10.0. The maximum atomic E-state index is 11.8. The van der Waals surface area contributed by atoms with Crippen LogP contribution in [0.3, 0.4) is 0 Å². The normalized spacial score (nSPS) is 23.8. The second-order valence-electron chi connectivity index (χ2n) is 5.02. The van der Waals surface area contributed by atoms with E-state index in [1.807, 2.05) is 0 Å². The largest absolute Gasteiger partial charge is 0.378 e. The molecule has 0 atom stereocenters. The van der Waals surface area contributed by atoms with Crippen LogP contribution in [0.25, 0.3) is 0 Å². The van der Waals surface area contributed by atoms with Crippen LogP contribution in [-0.2, 0) is 9.53 Å². The van der Waals surface area contributed by atoms with Gasteiger partial charge in [0.05, 0.1) is 12.7 Å². The van der Waals surface area contributed by atoms with Gasteiger partial charge in [0.2, 0.25) is 0 Å². The third-order valence-electron chi connectivity index (χ3n) is 3.80. The van der Waals surface area contributed by atoms with Crippen LogP contribution in [-0.4, -0.2) is 31.6 Å². The molecule has 0 amide bonds. The molecule has 92 valence electrons. The Morgan fingerprint density at radius 1 is 1.12 bits per heavy atom. The summed E-state index contributed by atoms with van der Waals surface area (Å²) >= 11 is 0. The second kappa shape index (κ2) is 6.36. The Hall–Kier alpha value is -0.410. The van der Waals surface area contributed by atoms with Gasteiger partial charge in [-0.25, -0.2) is 0 Å². The average Bonchev–Trinajstić information content (AvgIpc) is 2.84. The van der Waals surface area contributed by atoms with E-state index in [0.717, 1.165) is 38.8 Å². The number of piperidine rings is 1. The standard InChI is InChI=1S/C13H23NO2/c15-13(11-3-1-2-4-11)7-10-16-12-5-8-14-9-6-12/h11-12,14H,1-10H2. The fraction of sp³-hybridized carbons (Fsp3) is 0.923. The lowest BCUT2D eigenvalue weighted by Gasteiger charge is -2.23. The summed E-state index contributed by atoms with van der Waals surface area (Å²) in [5.41, 5.74) is 0. The first-order chi connectivity index (χ1) is 7.86. The molecular weight excluding hydrogens is 202 g/mol. The molecule has 0 unspecified atom stereocenters. The molecule has 0 radical (unpaired) electrons. The minimum absolute atomic E-state index is 0.358. The molecule has 2 aliphatic rings. The van der Waals surface area contributed by atoms with Crippen molar-refractivity contribution in [1.29, 1.82) is 0 Å². The molecule has 0 spiro atoms. The Balaban J connectivity index is 1.57. The SMILES string of the molecule is O=C(CCOC1CCNCC1)C1CCCC1. The van der Waals surface area contributed by atoms with E-state index in [-0.39, 0.29) is 0 Å². The monoisotopic (exact) mass is 225 g/mol. The van der Waals surface area contributed by atoms with E-state index in [9.17, 15) is 4.79 Å². The fourth-order valence-corrected chi connectivity index (χ4v) is 2.74. The average molecular weight is 225 g/mol. The van der Waals surface area contributed by atoms with Crippen molar-refractivity contribution in [3.63, 3.8) is 0 Å². The fourth-order valence-electron chi connectivity index (χ4n) is 2.74. The molecule has 16 heavy (non-hydrogen) atoms. The number of ketones is 1. The van der Waals surface area contributed by atoms with Crippen LogP contribution in [0.4, 0.5) is 0 Å². The topological polar surface area (TPSA) is 38.3 Å². The van der Waals surface area contributed by atoms with Crippen LogP contribution in [0.15, 0.2) is 0 Å². The van der Waals surface area contributed by atoms with Crippen molar-refractivity contribution in [3.05, 3.63) is 0 Å². The van der Waals surface area contributed by atoms with Crippen LogP contribution in [0, 0.1) is 5.92 Å². The second-order valence-corrected chi connectivity index (χ2v) is 5.02. The summed E-state index contributed by atoms with van der Waals surface area (Å²) in [5.74, 6) is 0.794. The van der Waals surface area contributed by atoms with Crippen molar-refractivity contribution in [2.75, 3.05) is 19.7 Å². The summed E-state index contributed by atoms with van der Waals surface area (Å²) in [4.78, 5) is 11.8. The van der Waals surface area contributed by atoms with E-state index in [0.29, 0.717) is 30.8 Å². The Bertz CT molecular complexity index is 218. The number of hydrogen-bond acceptors (Lipinski definition) is 3. The van der Waals surface area contributed by atoms with Gasteiger partial charge in [0.25, 0.3) is 0 Å². The molecule has 0 aromatic carbocycles. The summed E-state index contributed by atoms with van der Waals surface area (Å²) in [6, 6.07) is 0. The molecule has 1 heterocycles. The molecule has 3 nitrogen and oxygen atoms in total. The zero-order valence-electron chi connectivity index (χ0n) is 10.0. The van der Waals surface area contributed by atoms with Crippen molar-refractivity contribution in [2.45, 2.75) is 51.0 Å². The molecule has 0 aromatic heterocycles. The first kappa shape index (κ1) is 12.1. The van der Waals surface area contributed by atoms with Gasteiger partial charge in [-0.1, -0.05) is 12.8 Å². The van der Waals surface area contributed by atoms with E-state index < -0.39 is 0 Å². The van der Waals surface area contributed by atoms with Gasteiger partial charge in [-0.15, -0.1) is 0 Å². The van der Waals surface area contributed by atoms with E-state index in [4.69, 9.17) is 4.74 Å². The molecule has 1 saturated heterocycles. The van der Waals surface area contributed by atoms with Crippen LogP contribution < -0.4 is 5.32 Å². The maximum absolute atomic E-state index is 11.8. The Morgan fingerprint density at radius 3 is 2.50 bits per heavy atom. The zero-order chi connectivity index (χ0) is 11.2. The number of carbonyl (C=O) groups excluding carboxylic acids is 1. The molecule has 2 fully saturated rings. The van der Waals surface area contributed by atoms with Crippen LogP contribution in [0.5, 0.6) is 0 Å². The van der Waals surface area contributed by atoms with Gasteiger partial charge in [0.15, 0.2) is 0 Å².